The smallest absolute Gasteiger partial charge is 0.142 e. The van der Waals surface area contributed by atoms with Crippen molar-refractivity contribution in [1.82, 2.24) is 0 Å². The summed E-state index contributed by atoms with van der Waals surface area (Å²) in [6, 6.07) is 1.85. The van der Waals surface area contributed by atoms with Crippen LogP contribution in [0.3, 0.4) is 0 Å². The van der Waals surface area contributed by atoms with Gasteiger partial charge in [0.25, 0.3) is 0 Å². The molecule has 3 nitrogen and oxygen atoms in total. The van der Waals surface area contributed by atoms with Crippen molar-refractivity contribution in [1.29, 1.82) is 0 Å². The number of azide groups is 1. The first-order valence-electron chi connectivity index (χ1n) is 3.30. The Kier molecular flexibility index (Phi) is 3.06. The third-order valence-electron chi connectivity index (χ3n) is 1.43. The van der Waals surface area contributed by atoms with Crippen LogP contribution in [0.25, 0.3) is 10.4 Å². The van der Waals surface area contributed by atoms with Gasteiger partial charge in [0.15, 0.2) is 0 Å². The molecule has 0 saturated carbocycles. The zero-order chi connectivity index (χ0) is 9.84. The van der Waals surface area contributed by atoms with Gasteiger partial charge in [0.05, 0.1) is 11.6 Å². The maximum absolute atomic E-state index is 12.9. The fraction of sp³-hybridized carbons (Fsp3) is 0.143. The highest BCUT2D eigenvalue weighted by atomic mass is 35.5. The van der Waals surface area contributed by atoms with E-state index in [-0.39, 0.29) is 17.1 Å². The normalized spacial score (nSPS) is 9.46. The van der Waals surface area contributed by atoms with E-state index in [0.717, 1.165) is 12.1 Å². The lowest BCUT2D eigenvalue weighted by atomic mass is 10.2. The molecule has 0 spiro atoms. The molecule has 0 saturated heterocycles. The van der Waals surface area contributed by atoms with Gasteiger partial charge in [-0.3, -0.25) is 0 Å². The predicted octanol–water partition coefficient (Wildman–Crippen LogP) is 3.43. The van der Waals surface area contributed by atoms with Crippen molar-refractivity contribution < 1.29 is 8.78 Å². The minimum atomic E-state index is -0.730. The number of benzene rings is 1. The maximum atomic E-state index is 12.9. The van der Waals surface area contributed by atoms with E-state index in [2.05, 4.69) is 10.0 Å². The highest BCUT2D eigenvalue weighted by Gasteiger charge is 2.10. The van der Waals surface area contributed by atoms with Gasteiger partial charge in [0, 0.05) is 10.5 Å². The minimum absolute atomic E-state index is 0.125. The molecule has 0 aromatic heterocycles. The van der Waals surface area contributed by atoms with Crippen molar-refractivity contribution in [3.05, 3.63) is 44.8 Å². The van der Waals surface area contributed by atoms with Gasteiger partial charge in [-0.1, -0.05) is 16.7 Å². The summed E-state index contributed by atoms with van der Waals surface area (Å²) in [6.45, 7) is -0.293. The molecule has 0 heterocycles. The summed E-state index contributed by atoms with van der Waals surface area (Å²) in [4.78, 5) is 2.42. The summed E-state index contributed by atoms with van der Waals surface area (Å²) in [5, 5.41) is 2.75. The fourth-order valence-corrected chi connectivity index (χ4v) is 1.03. The quantitative estimate of drug-likeness (QED) is 0.306. The minimum Gasteiger partial charge on any atom is -0.207 e. The Hall–Kier alpha value is -1.32. The van der Waals surface area contributed by atoms with Crippen molar-refractivity contribution in [3.8, 4) is 0 Å². The molecule has 0 atom stereocenters. The molecule has 0 unspecified atom stereocenters. The van der Waals surface area contributed by atoms with E-state index >= 15 is 0 Å². The predicted molar refractivity (Wildman–Crippen MR) is 44.2 cm³/mol. The number of hydrogen-bond acceptors (Lipinski definition) is 1. The van der Waals surface area contributed by atoms with Gasteiger partial charge in [0.2, 0.25) is 0 Å². The van der Waals surface area contributed by atoms with Crippen LogP contribution in [0.2, 0.25) is 5.02 Å². The van der Waals surface area contributed by atoms with Gasteiger partial charge >= 0.3 is 0 Å². The molecule has 1 aromatic carbocycles. The lowest BCUT2D eigenvalue weighted by molar-refractivity contribution is 0.586. The summed E-state index contributed by atoms with van der Waals surface area (Å²) >= 11 is 5.44. The summed E-state index contributed by atoms with van der Waals surface area (Å²) in [7, 11) is 0. The second-order valence-electron chi connectivity index (χ2n) is 2.21. The molecule has 1 rings (SSSR count). The largest absolute Gasteiger partial charge is 0.207 e. The lowest BCUT2D eigenvalue weighted by Gasteiger charge is -2.02. The highest BCUT2D eigenvalue weighted by Crippen LogP contribution is 2.23. The van der Waals surface area contributed by atoms with E-state index in [1.165, 1.54) is 0 Å². The summed E-state index contributed by atoms with van der Waals surface area (Å²) in [5.41, 5.74) is 7.85. The molecule has 0 fully saturated rings. The van der Waals surface area contributed by atoms with Gasteiger partial charge in [-0.25, -0.2) is 8.78 Å². The van der Waals surface area contributed by atoms with Crippen LogP contribution in [0.5, 0.6) is 0 Å². The van der Waals surface area contributed by atoms with Crippen LogP contribution in [0.4, 0.5) is 8.78 Å². The number of rotatable bonds is 2. The molecule has 13 heavy (non-hydrogen) atoms. The Labute approximate surface area is 77.6 Å². The summed E-state index contributed by atoms with van der Waals surface area (Å²) in [5.74, 6) is -1.41. The fourth-order valence-electron chi connectivity index (χ4n) is 0.816. The van der Waals surface area contributed by atoms with Crippen molar-refractivity contribution in [2.75, 3.05) is 0 Å². The zero-order valence-electron chi connectivity index (χ0n) is 6.34. The molecule has 0 amide bonds. The van der Waals surface area contributed by atoms with Gasteiger partial charge in [0.1, 0.15) is 11.6 Å². The van der Waals surface area contributed by atoms with Crippen molar-refractivity contribution in [2.45, 2.75) is 6.54 Å². The van der Waals surface area contributed by atoms with Crippen molar-refractivity contribution in [3.63, 3.8) is 0 Å². The first-order valence-corrected chi connectivity index (χ1v) is 3.68. The molecule has 1 aromatic rings. The van der Waals surface area contributed by atoms with E-state index in [4.69, 9.17) is 17.1 Å². The Balaban J connectivity index is 3.16. The highest BCUT2D eigenvalue weighted by molar-refractivity contribution is 6.31. The van der Waals surface area contributed by atoms with Crippen molar-refractivity contribution in [2.24, 2.45) is 5.11 Å². The molecule has 0 radical (unpaired) electrons. The van der Waals surface area contributed by atoms with E-state index in [1.54, 1.807) is 0 Å². The number of nitrogens with zero attached hydrogens (tertiary/aromatic N) is 3. The van der Waals surface area contributed by atoms with E-state index in [9.17, 15) is 8.78 Å². The van der Waals surface area contributed by atoms with Crippen LogP contribution in [0.15, 0.2) is 17.2 Å². The average molecular weight is 204 g/mol. The van der Waals surface area contributed by atoms with E-state index < -0.39 is 11.6 Å². The van der Waals surface area contributed by atoms with Crippen LogP contribution in [-0.4, -0.2) is 0 Å². The van der Waals surface area contributed by atoms with Gasteiger partial charge in [-0.05, 0) is 17.7 Å². The van der Waals surface area contributed by atoms with Crippen LogP contribution in [0.1, 0.15) is 5.56 Å². The monoisotopic (exact) mass is 203 g/mol. The van der Waals surface area contributed by atoms with Gasteiger partial charge in [-0.2, -0.15) is 0 Å². The average Bonchev–Trinajstić information content (AvgIpc) is 2.12. The standard InChI is InChI=1S/C7H4ClF2N3/c8-7-4(3-12-13-11)5(9)1-2-6(7)10/h1-2H,3H2. The Bertz CT molecular complexity index is 374. The SMILES string of the molecule is [N-]=[N+]=NCc1c(F)ccc(F)c1Cl. The second-order valence-corrected chi connectivity index (χ2v) is 2.59. The zero-order valence-corrected chi connectivity index (χ0v) is 7.09. The second kappa shape index (κ2) is 4.07. The molecule has 0 aliphatic heterocycles. The molecule has 0 aliphatic carbocycles. The maximum Gasteiger partial charge on any atom is 0.142 e. The third-order valence-corrected chi connectivity index (χ3v) is 1.84. The van der Waals surface area contributed by atoms with Gasteiger partial charge < -0.3 is 0 Å². The van der Waals surface area contributed by atoms with E-state index in [1.807, 2.05) is 0 Å². The lowest BCUT2D eigenvalue weighted by Crippen LogP contribution is -1.92. The number of halogens is 3. The van der Waals surface area contributed by atoms with Crippen LogP contribution < -0.4 is 0 Å². The van der Waals surface area contributed by atoms with Crippen LogP contribution in [-0.2, 0) is 6.54 Å². The van der Waals surface area contributed by atoms with E-state index in [0.29, 0.717) is 0 Å². The first-order chi connectivity index (χ1) is 6.16. The van der Waals surface area contributed by atoms with Crippen LogP contribution in [0, 0.1) is 11.6 Å². The molecule has 0 N–H and O–H groups in total. The summed E-state index contributed by atoms with van der Waals surface area (Å²) < 4.78 is 25.7. The molecule has 0 bridgehead atoms. The Morgan fingerprint density at radius 1 is 1.38 bits per heavy atom. The third kappa shape index (κ3) is 2.08. The summed E-state index contributed by atoms with van der Waals surface area (Å²) in [6.07, 6.45) is 0. The first kappa shape index (κ1) is 9.77. The molecular formula is C7H4ClF2N3. The Morgan fingerprint density at radius 2 is 2.00 bits per heavy atom. The van der Waals surface area contributed by atoms with Gasteiger partial charge in [-0.15, -0.1) is 0 Å². The molecule has 68 valence electrons. The topological polar surface area (TPSA) is 48.8 Å². The molecule has 0 aliphatic rings. The van der Waals surface area contributed by atoms with Crippen molar-refractivity contribution >= 4 is 11.6 Å². The molecular weight excluding hydrogens is 200 g/mol. The van der Waals surface area contributed by atoms with Crippen LogP contribution >= 0.6 is 11.6 Å². The Morgan fingerprint density at radius 3 is 2.62 bits per heavy atom. The number of hydrogen-bond donors (Lipinski definition) is 0. The molecule has 6 heteroatoms.